The summed E-state index contributed by atoms with van der Waals surface area (Å²) in [6, 6.07) is 0. The Balaban J connectivity index is 1.54. The van der Waals surface area contributed by atoms with Gasteiger partial charge in [0.15, 0.2) is 0 Å². The number of hydrogen-bond donors (Lipinski definition) is 0. The second-order valence-corrected chi connectivity index (χ2v) is 6.55. The Labute approximate surface area is 110 Å². The third kappa shape index (κ3) is 2.29. The number of carbonyl (C=O) groups is 1. The van der Waals surface area contributed by atoms with Crippen LogP contribution in [0.1, 0.15) is 58.3 Å². The minimum atomic E-state index is -0.141. The lowest BCUT2D eigenvalue weighted by molar-refractivity contribution is -0.145. The standard InChI is InChI=1S/C15H25NO2/c1-12-4-5-13(18-12)14(17)16-10-8-15(9-11-16)6-2-3-7-15/h12-13H,2-11H2,1H3. The van der Waals surface area contributed by atoms with Crippen LogP contribution in [-0.2, 0) is 9.53 Å². The van der Waals surface area contributed by atoms with Crippen LogP contribution < -0.4 is 0 Å². The second-order valence-electron chi connectivity index (χ2n) is 6.55. The minimum Gasteiger partial charge on any atom is -0.365 e. The highest BCUT2D eigenvalue weighted by atomic mass is 16.5. The number of rotatable bonds is 1. The molecule has 0 N–H and O–H groups in total. The van der Waals surface area contributed by atoms with Gasteiger partial charge in [0.05, 0.1) is 6.10 Å². The second kappa shape index (κ2) is 4.84. The fourth-order valence-corrected chi connectivity index (χ4v) is 4.01. The topological polar surface area (TPSA) is 29.5 Å². The van der Waals surface area contributed by atoms with Crippen LogP contribution in [0.3, 0.4) is 0 Å². The van der Waals surface area contributed by atoms with Crippen LogP contribution in [0.5, 0.6) is 0 Å². The van der Waals surface area contributed by atoms with Gasteiger partial charge in [-0.1, -0.05) is 12.8 Å². The molecule has 0 aromatic rings. The van der Waals surface area contributed by atoms with E-state index in [1.165, 1.54) is 38.5 Å². The van der Waals surface area contributed by atoms with Gasteiger partial charge in [-0.15, -0.1) is 0 Å². The maximum atomic E-state index is 12.4. The number of ether oxygens (including phenoxy) is 1. The third-order valence-corrected chi connectivity index (χ3v) is 5.31. The Hall–Kier alpha value is -0.570. The van der Waals surface area contributed by atoms with Gasteiger partial charge in [-0.2, -0.15) is 0 Å². The SMILES string of the molecule is CC1CCC(C(=O)N2CCC3(CCCC3)CC2)O1. The lowest BCUT2D eigenvalue weighted by Gasteiger charge is -2.40. The maximum absolute atomic E-state index is 12.4. The molecule has 3 aliphatic rings. The molecule has 1 aliphatic carbocycles. The third-order valence-electron chi connectivity index (χ3n) is 5.31. The van der Waals surface area contributed by atoms with Crippen molar-refractivity contribution in [3.8, 4) is 0 Å². The smallest absolute Gasteiger partial charge is 0.251 e. The molecule has 0 radical (unpaired) electrons. The van der Waals surface area contributed by atoms with E-state index in [4.69, 9.17) is 4.74 Å². The highest BCUT2D eigenvalue weighted by Gasteiger charge is 2.40. The molecule has 0 aromatic carbocycles. The molecular weight excluding hydrogens is 226 g/mol. The lowest BCUT2D eigenvalue weighted by Crippen LogP contribution is -2.46. The Bertz CT molecular complexity index is 312. The number of nitrogens with zero attached hydrogens (tertiary/aromatic N) is 1. The van der Waals surface area contributed by atoms with E-state index in [1.807, 2.05) is 0 Å². The first-order valence-corrected chi connectivity index (χ1v) is 7.63. The molecule has 3 fully saturated rings. The summed E-state index contributed by atoms with van der Waals surface area (Å²) in [7, 11) is 0. The average Bonchev–Trinajstić information content (AvgIpc) is 3.00. The summed E-state index contributed by atoms with van der Waals surface area (Å²) < 4.78 is 5.70. The molecule has 1 saturated carbocycles. The number of carbonyl (C=O) groups excluding carboxylic acids is 1. The Morgan fingerprint density at radius 3 is 2.33 bits per heavy atom. The quantitative estimate of drug-likeness (QED) is 0.717. The zero-order valence-electron chi connectivity index (χ0n) is 11.5. The molecule has 2 unspecified atom stereocenters. The molecule has 0 aromatic heterocycles. The summed E-state index contributed by atoms with van der Waals surface area (Å²) in [4.78, 5) is 14.4. The molecule has 1 amide bonds. The van der Waals surface area contributed by atoms with Crippen molar-refractivity contribution >= 4 is 5.91 Å². The Kier molecular flexibility index (Phi) is 3.35. The van der Waals surface area contributed by atoms with Gasteiger partial charge in [-0.05, 0) is 50.9 Å². The first kappa shape index (κ1) is 12.5. The zero-order valence-corrected chi connectivity index (χ0v) is 11.5. The molecule has 2 aliphatic heterocycles. The fourth-order valence-electron chi connectivity index (χ4n) is 4.01. The summed E-state index contributed by atoms with van der Waals surface area (Å²) in [5.41, 5.74) is 0.598. The number of hydrogen-bond acceptors (Lipinski definition) is 2. The van der Waals surface area contributed by atoms with Gasteiger partial charge < -0.3 is 9.64 Å². The van der Waals surface area contributed by atoms with E-state index < -0.39 is 0 Å². The van der Waals surface area contributed by atoms with Crippen molar-refractivity contribution < 1.29 is 9.53 Å². The van der Waals surface area contributed by atoms with Crippen LogP contribution in [0.2, 0.25) is 0 Å². The van der Waals surface area contributed by atoms with Crippen LogP contribution in [0, 0.1) is 5.41 Å². The molecule has 2 atom stereocenters. The van der Waals surface area contributed by atoms with Crippen molar-refractivity contribution in [2.24, 2.45) is 5.41 Å². The van der Waals surface area contributed by atoms with Crippen molar-refractivity contribution in [2.75, 3.05) is 13.1 Å². The molecule has 3 rings (SSSR count). The highest BCUT2D eigenvalue weighted by Crippen LogP contribution is 2.46. The van der Waals surface area contributed by atoms with Gasteiger partial charge in [-0.3, -0.25) is 4.79 Å². The van der Waals surface area contributed by atoms with E-state index >= 15 is 0 Å². The van der Waals surface area contributed by atoms with Crippen LogP contribution in [0.15, 0.2) is 0 Å². The number of amides is 1. The van der Waals surface area contributed by atoms with Crippen molar-refractivity contribution in [3.63, 3.8) is 0 Å². The van der Waals surface area contributed by atoms with Crippen molar-refractivity contribution in [3.05, 3.63) is 0 Å². The molecule has 1 spiro atoms. The monoisotopic (exact) mass is 251 g/mol. The van der Waals surface area contributed by atoms with Crippen molar-refractivity contribution in [1.29, 1.82) is 0 Å². The fraction of sp³-hybridized carbons (Fsp3) is 0.933. The van der Waals surface area contributed by atoms with E-state index in [1.54, 1.807) is 0 Å². The van der Waals surface area contributed by atoms with Gasteiger partial charge in [-0.25, -0.2) is 0 Å². The van der Waals surface area contributed by atoms with Gasteiger partial charge in [0.25, 0.3) is 5.91 Å². The van der Waals surface area contributed by atoms with Crippen LogP contribution >= 0.6 is 0 Å². The normalized spacial score (nSPS) is 35.3. The summed E-state index contributed by atoms with van der Waals surface area (Å²) >= 11 is 0. The predicted molar refractivity (Wildman–Crippen MR) is 70.3 cm³/mol. The summed E-state index contributed by atoms with van der Waals surface area (Å²) in [6.07, 6.45) is 10.1. The van der Waals surface area contributed by atoms with Crippen molar-refractivity contribution in [2.45, 2.75) is 70.5 Å². The number of piperidine rings is 1. The molecule has 2 saturated heterocycles. The summed E-state index contributed by atoms with van der Waals surface area (Å²) in [5.74, 6) is 0.257. The van der Waals surface area contributed by atoms with Crippen LogP contribution in [0.25, 0.3) is 0 Å². The molecule has 0 bridgehead atoms. The highest BCUT2D eigenvalue weighted by molar-refractivity contribution is 5.81. The van der Waals surface area contributed by atoms with E-state index in [9.17, 15) is 4.79 Å². The van der Waals surface area contributed by atoms with Gasteiger partial charge in [0.2, 0.25) is 0 Å². The summed E-state index contributed by atoms with van der Waals surface area (Å²) in [6.45, 7) is 4.00. The molecule has 3 heteroatoms. The van der Waals surface area contributed by atoms with E-state index in [0.29, 0.717) is 5.41 Å². The Morgan fingerprint density at radius 2 is 1.78 bits per heavy atom. The van der Waals surface area contributed by atoms with Crippen molar-refractivity contribution in [1.82, 2.24) is 4.90 Å². The first-order chi connectivity index (χ1) is 8.69. The Morgan fingerprint density at radius 1 is 1.11 bits per heavy atom. The van der Waals surface area contributed by atoms with Gasteiger partial charge >= 0.3 is 0 Å². The first-order valence-electron chi connectivity index (χ1n) is 7.63. The van der Waals surface area contributed by atoms with Gasteiger partial charge in [0.1, 0.15) is 6.10 Å². The molecule has 2 heterocycles. The molecule has 18 heavy (non-hydrogen) atoms. The van der Waals surface area contributed by atoms with E-state index in [2.05, 4.69) is 11.8 Å². The zero-order chi connectivity index (χ0) is 12.6. The largest absolute Gasteiger partial charge is 0.365 e. The van der Waals surface area contributed by atoms with Gasteiger partial charge in [0, 0.05) is 13.1 Å². The predicted octanol–water partition coefficient (Wildman–Crippen LogP) is 2.74. The summed E-state index contributed by atoms with van der Waals surface area (Å²) in [5, 5.41) is 0. The molecule has 3 nitrogen and oxygen atoms in total. The minimum absolute atomic E-state index is 0.141. The number of likely N-dealkylation sites (tertiary alicyclic amines) is 1. The average molecular weight is 251 g/mol. The van der Waals surface area contributed by atoms with E-state index in [-0.39, 0.29) is 18.1 Å². The maximum Gasteiger partial charge on any atom is 0.251 e. The lowest BCUT2D eigenvalue weighted by atomic mass is 9.77. The molecular formula is C15H25NO2. The molecule has 102 valence electrons. The van der Waals surface area contributed by atoms with Crippen LogP contribution in [-0.4, -0.2) is 36.1 Å². The van der Waals surface area contributed by atoms with E-state index in [0.717, 1.165) is 25.9 Å². The van der Waals surface area contributed by atoms with Crippen LogP contribution in [0.4, 0.5) is 0 Å².